The number of hydrogen-bond donors (Lipinski definition) is 3. The quantitative estimate of drug-likeness (QED) is 0.667. The van der Waals surface area contributed by atoms with Crippen LogP contribution in [0.25, 0.3) is 0 Å². The second-order valence-electron chi connectivity index (χ2n) is 5.28. The van der Waals surface area contributed by atoms with E-state index in [0.29, 0.717) is 23.9 Å². The third-order valence-corrected chi connectivity index (χ3v) is 2.82. The van der Waals surface area contributed by atoms with Crippen LogP contribution in [0.4, 0.5) is 0 Å². The number of amides is 1. The number of nitrogens with two attached hydrogens (primary N) is 1. The first-order valence-electron chi connectivity index (χ1n) is 6.43. The number of hydrogen-bond acceptors (Lipinski definition) is 5. The van der Waals surface area contributed by atoms with Gasteiger partial charge in [-0.3, -0.25) is 4.79 Å². The SMILES string of the molecule is COc1cc(CNCC(C)(C)O)cc(Cl)c1OCC(N)=O. The molecule has 0 bridgehead atoms. The Labute approximate surface area is 129 Å². The first-order chi connectivity index (χ1) is 9.73. The van der Waals surface area contributed by atoms with Gasteiger partial charge in [-0.25, -0.2) is 0 Å². The van der Waals surface area contributed by atoms with Gasteiger partial charge in [-0.1, -0.05) is 11.6 Å². The maximum Gasteiger partial charge on any atom is 0.255 e. The lowest BCUT2D eigenvalue weighted by atomic mass is 10.1. The summed E-state index contributed by atoms with van der Waals surface area (Å²) in [5.41, 5.74) is 5.11. The fourth-order valence-electron chi connectivity index (χ4n) is 1.67. The van der Waals surface area contributed by atoms with E-state index in [9.17, 15) is 9.90 Å². The van der Waals surface area contributed by atoms with Gasteiger partial charge in [0.05, 0.1) is 17.7 Å². The summed E-state index contributed by atoms with van der Waals surface area (Å²) in [6.07, 6.45) is 0. The molecular weight excluding hydrogens is 296 g/mol. The first kappa shape index (κ1) is 17.6. The Morgan fingerprint density at radius 3 is 2.67 bits per heavy atom. The highest BCUT2D eigenvalue weighted by Crippen LogP contribution is 2.36. The van der Waals surface area contributed by atoms with Gasteiger partial charge < -0.3 is 25.6 Å². The number of aliphatic hydroxyl groups is 1. The van der Waals surface area contributed by atoms with Crippen molar-refractivity contribution in [1.29, 1.82) is 0 Å². The van der Waals surface area contributed by atoms with Gasteiger partial charge in [-0.15, -0.1) is 0 Å². The summed E-state index contributed by atoms with van der Waals surface area (Å²) in [4.78, 5) is 10.8. The zero-order valence-corrected chi connectivity index (χ0v) is 13.2. The van der Waals surface area contributed by atoms with Crippen LogP contribution in [0.15, 0.2) is 12.1 Å². The van der Waals surface area contributed by atoms with Crippen LogP contribution in [0.3, 0.4) is 0 Å². The number of ether oxygens (including phenoxy) is 2. The molecular formula is C14H21ClN2O4. The second-order valence-corrected chi connectivity index (χ2v) is 5.69. The molecule has 118 valence electrons. The van der Waals surface area contributed by atoms with Crippen LogP contribution in [-0.2, 0) is 11.3 Å². The average Bonchev–Trinajstić information content (AvgIpc) is 2.35. The number of methoxy groups -OCH3 is 1. The lowest BCUT2D eigenvalue weighted by Gasteiger charge is -2.18. The molecule has 4 N–H and O–H groups in total. The van der Waals surface area contributed by atoms with Crippen LogP contribution in [0, 0.1) is 0 Å². The van der Waals surface area contributed by atoms with Gasteiger partial charge in [0.25, 0.3) is 5.91 Å². The zero-order chi connectivity index (χ0) is 16.0. The molecule has 1 aromatic carbocycles. The summed E-state index contributed by atoms with van der Waals surface area (Å²) >= 11 is 6.13. The predicted molar refractivity (Wildman–Crippen MR) is 80.7 cm³/mol. The maximum absolute atomic E-state index is 10.8. The fraction of sp³-hybridized carbons (Fsp3) is 0.500. The Bertz CT molecular complexity index is 500. The van der Waals surface area contributed by atoms with Gasteiger partial charge in [0, 0.05) is 13.1 Å². The number of nitrogens with one attached hydrogen (secondary N) is 1. The van der Waals surface area contributed by atoms with Gasteiger partial charge >= 0.3 is 0 Å². The summed E-state index contributed by atoms with van der Waals surface area (Å²) in [6, 6.07) is 3.46. The van der Waals surface area contributed by atoms with Gasteiger partial charge in [0.2, 0.25) is 0 Å². The van der Waals surface area contributed by atoms with E-state index in [2.05, 4.69) is 5.32 Å². The van der Waals surface area contributed by atoms with Crippen molar-refractivity contribution in [1.82, 2.24) is 5.32 Å². The third-order valence-electron chi connectivity index (χ3n) is 2.53. The Hall–Kier alpha value is -1.50. The molecule has 0 heterocycles. The van der Waals surface area contributed by atoms with Crippen LogP contribution in [0.2, 0.25) is 5.02 Å². The topological polar surface area (TPSA) is 93.8 Å². The minimum absolute atomic E-state index is 0.271. The zero-order valence-electron chi connectivity index (χ0n) is 12.4. The fourth-order valence-corrected chi connectivity index (χ4v) is 1.96. The van der Waals surface area contributed by atoms with Gasteiger partial charge in [0.1, 0.15) is 0 Å². The molecule has 0 aliphatic rings. The summed E-state index contributed by atoms with van der Waals surface area (Å²) in [7, 11) is 1.48. The molecule has 7 heteroatoms. The first-order valence-corrected chi connectivity index (χ1v) is 6.81. The summed E-state index contributed by atoms with van der Waals surface area (Å²) in [6.45, 7) is 4.11. The number of primary amides is 1. The minimum atomic E-state index is -0.793. The number of halogens is 1. The molecule has 1 rings (SSSR count). The van der Waals surface area contributed by atoms with E-state index < -0.39 is 11.5 Å². The van der Waals surface area contributed by atoms with E-state index in [-0.39, 0.29) is 12.4 Å². The smallest absolute Gasteiger partial charge is 0.255 e. The van der Waals surface area contributed by atoms with Crippen LogP contribution < -0.4 is 20.5 Å². The highest BCUT2D eigenvalue weighted by molar-refractivity contribution is 6.32. The minimum Gasteiger partial charge on any atom is -0.493 e. The summed E-state index contributed by atoms with van der Waals surface area (Å²) in [5.74, 6) is 0.108. The molecule has 0 saturated carbocycles. The van der Waals surface area contributed by atoms with Crippen LogP contribution in [0.5, 0.6) is 11.5 Å². The molecule has 0 unspecified atom stereocenters. The van der Waals surface area contributed by atoms with Crippen molar-refractivity contribution < 1.29 is 19.4 Å². The van der Waals surface area contributed by atoms with Crippen LogP contribution >= 0.6 is 11.6 Å². The van der Waals surface area contributed by atoms with Crippen molar-refractivity contribution in [2.45, 2.75) is 26.0 Å². The van der Waals surface area contributed by atoms with Crippen molar-refractivity contribution in [3.63, 3.8) is 0 Å². The molecule has 6 nitrogen and oxygen atoms in total. The van der Waals surface area contributed by atoms with Crippen molar-refractivity contribution >= 4 is 17.5 Å². The predicted octanol–water partition coefficient (Wildman–Crippen LogP) is 1.07. The molecule has 1 aromatic rings. The van der Waals surface area contributed by atoms with E-state index in [4.69, 9.17) is 26.8 Å². The maximum atomic E-state index is 10.8. The third kappa shape index (κ3) is 6.20. The molecule has 0 aliphatic heterocycles. The van der Waals surface area contributed by atoms with Crippen molar-refractivity contribution in [2.24, 2.45) is 5.73 Å². The molecule has 0 fully saturated rings. The molecule has 0 saturated heterocycles. The monoisotopic (exact) mass is 316 g/mol. The average molecular weight is 317 g/mol. The van der Waals surface area contributed by atoms with E-state index in [1.165, 1.54) is 7.11 Å². The molecule has 0 aromatic heterocycles. The number of carbonyl (C=O) groups excluding carboxylic acids is 1. The normalized spacial score (nSPS) is 11.3. The number of carbonyl (C=O) groups is 1. The molecule has 0 atom stereocenters. The largest absolute Gasteiger partial charge is 0.493 e. The Kier molecular flexibility index (Phi) is 6.26. The highest BCUT2D eigenvalue weighted by Gasteiger charge is 2.14. The lowest BCUT2D eigenvalue weighted by Crippen LogP contribution is -2.34. The molecule has 0 radical (unpaired) electrons. The van der Waals surface area contributed by atoms with E-state index in [1.807, 2.05) is 0 Å². The number of benzene rings is 1. The Balaban J connectivity index is 2.80. The van der Waals surface area contributed by atoms with Crippen molar-refractivity contribution in [2.75, 3.05) is 20.3 Å². The molecule has 0 aliphatic carbocycles. The van der Waals surface area contributed by atoms with Crippen LogP contribution in [-0.4, -0.2) is 36.9 Å². The van der Waals surface area contributed by atoms with E-state index in [0.717, 1.165) is 5.56 Å². The molecule has 21 heavy (non-hydrogen) atoms. The Morgan fingerprint density at radius 2 is 2.14 bits per heavy atom. The second kappa shape index (κ2) is 7.49. The van der Waals surface area contributed by atoms with E-state index in [1.54, 1.807) is 26.0 Å². The number of rotatable bonds is 8. The van der Waals surface area contributed by atoms with Gasteiger partial charge in [-0.05, 0) is 31.5 Å². The van der Waals surface area contributed by atoms with Crippen molar-refractivity contribution in [3.8, 4) is 11.5 Å². The Morgan fingerprint density at radius 1 is 1.48 bits per heavy atom. The van der Waals surface area contributed by atoms with Crippen LogP contribution in [0.1, 0.15) is 19.4 Å². The van der Waals surface area contributed by atoms with Gasteiger partial charge in [0.15, 0.2) is 18.1 Å². The highest BCUT2D eigenvalue weighted by atomic mass is 35.5. The molecule has 0 spiro atoms. The summed E-state index contributed by atoms with van der Waals surface area (Å²) in [5, 5.41) is 13.1. The van der Waals surface area contributed by atoms with Gasteiger partial charge in [-0.2, -0.15) is 0 Å². The van der Waals surface area contributed by atoms with E-state index >= 15 is 0 Å². The standard InChI is InChI=1S/C14H21ClN2O4/c1-14(2,19)8-17-6-9-4-10(15)13(11(5-9)20-3)21-7-12(16)18/h4-5,17,19H,6-8H2,1-3H3,(H2,16,18). The lowest BCUT2D eigenvalue weighted by molar-refractivity contribution is -0.119. The molecule has 1 amide bonds. The summed E-state index contributed by atoms with van der Waals surface area (Å²) < 4.78 is 10.4. The van der Waals surface area contributed by atoms with Crippen molar-refractivity contribution in [3.05, 3.63) is 22.7 Å².